The Bertz CT molecular complexity index is 3300. The van der Waals surface area contributed by atoms with Gasteiger partial charge in [0.05, 0.1) is 67.6 Å². The third-order valence-corrected chi connectivity index (χ3v) is 12.5. The van der Waals surface area contributed by atoms with Gasteiger partial charge in [-0.05, 0) is 78.9 Å². The lowest BCUT2D eigenvalue weighted by atomic mass is 10.1. The Balaban J connectivity index is 1.24. The van der Waals surface area contributed by atoms with Crippen LogP contribution in [0.4, 0.5) is 45.5 Å². The lowest BCUT2D eigenvalue weighted by molar-refractivity contribution is 0.478. The molecule has 0 N–H and O–H groups in total. The van der Waals surface area contributed by atoms with E-state index in [1.807, 2.05) is 0 Å². The summed E-state index contributed by atoms with van der Waals surface area (Å²) in [6, 6.07) is 67.2. The zero-order valence-corrected chi connectivity index (χ0v) is 29.5. The normalized spacial score (nSPS) is 17.0. The van der Waals surface area contributed by atoms with Crippen molar-refractivity contribution < 1.29 is 0 Å². The molecule has 0 aliphatic carbocycles. The van der Waals surface area contributed by atoms with Gasteiger partial charge in [-0.2, -0.15) is 0 Å². The van der Waals surface area contributed by atoms with Crippen LogP contribution in [0.1, 0.15) is 0 Å². The summed E-state index contributed by atoms with van der Waals surface area (Å²) in [4.78, 5) is 10.5. The van der Waals surface area contributed by atoms with Gasteiger partial charge in [0.1, 0.15) is 0 Å². The van der Waals surface area contributed by atoms with Crippen LogP contribution in [0.3, 0.4) is 0 Å². The van der Waals surface area contributed by atoms with Crippen LogP contribution in [0, 0.1) is 0 Å². The van der Waals surface area contributed by atoms with E-state index in [-0.39, 0.29) is 0 Å². The van der Waals surface area contributed by atoms with Crippen molar-refractivity contribution in [3.8, 4) is 11.4 Å². The minimum absolute atomic E-state index is 0.981. The summed E-state index contributed by atoms with van der Waals surface area (Å²) >= 11 is 0. The maximum atomic E-state index is 2.67. The van der Waals surface area contributed by atoms with Crippen molar-refractivity contribution in [1.82, 2.24) is 9.13 Å². The van der Waals surface area contributed by atoms with E-state index in [4.69, 9.17) is 0 Å². The molecular formula is C49H30N6. The molecule has 0 radical (unpaired) electrons. The lowest BCUT2D eigenvalue weighted by Gasteiger charge is -2.54. The van der Waals surface area contributed by atoms with Gasteiger partial charge in [-0.1, -0.05) is 103 Å². The van der Waals surface area contributed by atoms with Crippen LogP contribution in [-0.4, -0.2) is 15.0 Å². The van der Waals surface area contributed by atoms with Gasteiger partial charge in [-0.3, -0.25) is 19.6 Å². The molecule has 4 aliphatic heterocycles. The van der Waals surface area contributed by atoms with Crippen molar-refractivity contribution in [3.05, 3.63) is 182 Å². The van der Waals surface area contributed by atoms with Crippen molar-refractivity contribution >= 4 is 89.1 Å². The number of benzene rings is 8. The highest BCUT2D eigenvalue weighted by molar-refractivity contribution is 6.23. The fourth-order valence-corrected chi connectivity index (χ4v) is 10.6. The van der Waals surface area contributed by atoms with Crippen LogP contribution in [0.25, 0.3) is 55.0 Å². The van der Waals surface area contributed by atoms with Crippen LogP contribution in [-0.2, 0) is 0 Å². The molecule has 0 saturated heterocycles. The second kappa shape index (κ2) is 9.56. The molecular weight excluding hydrogens is 673 g/mol. The third-order valence-electron chi connectivity index (χ3n) is 12.5. The number of nitrogens with zero attached hydrogens (tertiary/aromatic N) is 6. The summed E-state index contributed by atoms with van der Waals surface area (Å²) in [5.41, 5.74) is 16.5. The molecule has 1 atom stereocenters. The van der Waals surface area contributed by atoms with E-state index < -0.39 is 5.91 Å². The molecule has 4 aliphatic rings. The Labute approximate surface area is 316 Å². The molecule has 1 unspecified atom stereocenters. The number of hydrogen-bond acceptors (Lipinski definition) is 4. The summed E-state index contributed by atoms with van der Waals surface area (Å²) in [6.45, 7) is 0. The smallest absolute Gasteiger partial charge is 0.296 e. The Morgan fingerprint density at radius 1 is 0.273 bits per heavy atom. The minimum Gasteiger partial charge on any atom is -0.305 e. The first-order valence-corrected chi connectivity index (χ1v) is 19.0. The van der Waals surface area contributed by atoms with Gasteiger partial charge in [-0.25, -0.2) is 0 Å². The average molecular weight is 703 g/mol. The quantitative estimate of drug-likeness (QED) is 0.179. The molecule has 6 heteroatoms. The first kappa shape index (κ1) is 28.1. The second-order valence-corrected chi connectivity index (χ2v) is 15.0. The average Bonchev–Trinajstić information content (AvgIpc) is 3.96. The molecule has 256 valence electrons. The molecule has 6 nitrogen and oxygen atoms in total. The van der Waals surface area contributed by atoms with Crippen LogP contribution in [0.2, 0.25) is 0 Å². The fourth-order valence-electron chi connectivity index (χ4n) is 10.6. The number of rotatable bonds is 2. The Kier molecular flexibility index (Phi) is 4.88. The zero-order valence-electron chi connectivity index (χ0n) is 29.5. The molecule has 8 aromatic carbocycles. The summed E-state index contributed by atoms with van der Waals surface area (Å²) in [6.07, 6.45) is 0. The number of anilines is 8. The highest BCUT2D eigenvalue weighted by Gasteiger charge is 2.67. The predicted molar refractivity (Wildman–Crippen MR) is 226 cm³/mol. The Hall–Kier alpha value is -7.44. The molecule has 0 fully saturated rings. The van der Waals surface area contributed by atoms with Gasteiger partial charge in [0.25, 0.3) is 5.91 Å². The SMILES string of the molecule is c1ccc(N2c3cccc4c3N(c3cccc5c6ccccc6n-4c35)C23N(c2ccccc2)c2ccc4c5ccccc5n5c4c2N3c2ccccc2-5)cc1. The van der Waals surface area contributed by atoms with Gasteiger partial charge in [0.15, 0.2) is 0 Å². The summed E-state index contributed by atoms with van der Waals surface area (Å²) < 4.78 is 5.01. The van der Waals surface area contributed by atoms with E-state index in [2.05, 4.69) is 211 Å². The first-order chi connectivity index (χ1) is 27.4. The summed E-state index contributed by atoms with van der Waals surface area (Å²) in [5.74, 6) is -0.981. The molecule has 10 aromatic rings. The van der Waals surface area contributed by atoms with Crippen LogP contribution < -0.4 is 19.6 Å². The topological polar surface area (TPSA) is 22.8 Å². The monoisotopic (exact) mass is 702 g/mol. The zero-order chi connectivity index (χ0) is 35.6. The maximum absolute atomic E-state index is 2.67. The van der Waals surface area contributed by atoms with E-state index in [9.17, 15) is 0 Å². The standard InChI is InChI=1S/C49H30N6/c1-3-15-31(16-4-1)52-43-28-14-26-41-47(43)55(42-27-13-21-35-33-19-7-10-23-38(33)51(41)45(35)42)49(52)53(32-17-5-2-6-18-32)44-30-29-36-34-20-8-9-22-37(34)50-39-24-11-12-25-40(39)54(49)48(44)46(36)50/h1-30H. The molecule has 0 bridgehead atoms. The molecule has 1 spiro atoms. The number of hydrogen-bond donors (Lipinski definition) is 0. The third kappa shape index (κ3) is 3.03. The molecule has 0 saturated carbocycles. The fraction of sp³-hybridized carbons (Fsp3) is 0.0204. The van der Waals surface area contributed by atoms with Crippen molar-refractivity contribution in [2.24, 2.45) is 0 Å². The highest BCUT2D eigenvalue weighted by Crippen LogP contribution is 2.69. The van der Waals surface area contributed by atoms with Crippen LogP contribution in [0.5, 0.6) is 0 Å². The Morgan fingerprint density at radius 2 is 0.745 bits per heavy atom. The number of aromatic nitrogens is 2. The molecule has 6 heterocycles. The van der Waals surface area contributed by atoms with Gasteiger partial charge in [0.2, 0.25) is 0 Å². The maximum Gasteiger partial charge on any atom is 0.296 e. The van der Waals surface area contributed by atoms with Crippen LogP contribution in [0.15, 0.2) is 182 Å². The Morgan fingerprint density at radius 3 is 1.45 bits per heavy atom. The minimum atomic E-state index is -0.981. The summed E-state index contributed by atoms with van der Waals surface area (Å²) in [7, 11) is 0. The van der Waals surface area contributed by atoms with E-state index >= 15 is 0 Å². The predicted octanol–water partition coefficient (Wildman–Crippen LogP) is 12.4. The van der Waals surface area contributed by atoms with Gasteiger partial charge < -0.3 is 9.13 Å². The van der Waals surface area contributed by atoms with E-state index in [1.54, 1.807) is 0 Å². The van der Waals surface area contributed by atoms with Crippen molar-refractivity contribution in [2.75, 3.05) is 19.6 Å². The molecule has 55 heavy (non-hydrogen) atoms. The van der Waals surface area contributed by atoms with E-state index in [0.717, 1.165) is 28.4 Å². The molecule has 14 rings (SSSR count). The number of para-hydroxylation sites is 8. The highest BCUT2D eigenvalue weighted by atomic mass is 15.8. The lowest BCUT2D eigenvalue weighted by Crippen LogP contribution is -2.70. The molecule has 2 aromatic heterocycles. The van der Waals surface area contributed by atoms with Gasteiger partial charge in [0, 0.05) is 32.9 Å². The van der Waals surface area contributed by atoms with Crippen molar-refractivity contribution in [3.63, 3.8) is 0 Å². The van der Waals surface area contributed by atoms with E-state index in [0.29, 0.717) is 0 Å². The van der Waals surface area contributed by atoms with Crippen molar-refractivity contribution in [1.29, 1.82) is 0 Å². The summed E-state index contributed by atoms with van der Waals surface area (Å²) in [5, 5.41) is 5.02. The van der Waals surface area contributed by atoms with Gasteiger partial charge >= 0.3 is 0 Å². The van der Waals surface area contributed by atoms with Crippen LogP contribution >= 0.6 is 0 Å². The number of fused-ring (bicyclic) bond motifs is 13. The van der Waals surface area contributed by atoms with Gasteiger partial charge in [-0.15, -0.1) is 0 Å². The van der Waals surface area contributed by atoms with E-state index in [1.165, 1.54) is 72.0 Å². The van der Waals surface area contributed by atoms with Crippen molar-refractivity contribution in [2.45, 2.75) is 5.91 Å². The molecule has 0 amide bonds. The second-order valence-electron chi connectivity index (χ2n) is 15.0. The largest absolute Gasteiger partial charge is 0.305 e. The first-order valence-electron chi connectivity index (χ1n) is 19.0.